The third-order valence-corrected chi connectivity index (χ3v) is 14.8. The van der Waals surface area contributed by atoms with E-state index in [2.05, 4.69) is 218 Å². The van der Waals surface area contributed by atoms with Crippen LogP contribution >= 0.6 is 0 Å². The predicted octanol–water partition coefficient (Wildman–Crippen LogP) is 18.6. The second-order valence-electron chi connectivity index (χ2n) is 19.3. The lowest BCUT2D eigenvalue weighted by molar-refractivity contribution is 0.669. The molecule has 348 valence electrons. The van der Waals surface area contributed by atoms with Crippen molar-refractivity contribution in [1.82, 2.24) is 19.9 Å². The molecule has 5 nitrogen and oxygen atoms in total. The van der Waals surface area contributed by atoms with Gasteiger partial charge in [0.25, 0.3) is 0 Å². The van der Waals surface area contributed by atoms with Crippen LogP contribution < -0.4 is 0 Å². The summed E-state index contributed by atoms with van der Waals surface area (Å²) in [6.45, 7) is 0. The normalized spacial score (nSPS) is 11.7. The monoisotopic (exact) mass is 954 g/mol. The molecular formula is C70H42N4O. The molecule has 0 radical (unpaired) electrons. The average molecular weight is 955 g/mol. The number of furan rings is 1. The Morgan fingerprint density at radius 1 is 0.227 bits per heavy atom. The van der Waals surface area contributed by atoms with E-state index in [0.29, 0.717) is 17.5 Å². The topological polar surface area (TPSA) is 64.7 Å². The first-order valence-electron chi connectivity index (χ1n) is 25.4. The number of pyridine rings is 1. The van der Waals surface area contributed by atoms with E-state index in [1.54, 1.807) is 0 Å². The number of nitrogens with zero attached hydrogens (tertiary/aromatic N) is 4. The van der Waals surface area contributed by atoms with Crippen molar-refractivity contribution < 1.29 is 4.42 Å². The number of hydrogen-bond acceptors (Lipinski definition) is 5. The van der Waals surface area contributed by atoms with E-state index in [1.807, 2.05) is 36.4 Å². The molecule has 75 heavy (non-hydrogen) atoms. The van der Waals surface area contributed by atoms with Gasteiger partial charge in [-0.25, -0.2) is 19.9 Å². The average Bonchev–Trinajstić information content (AvgIpc) is 3.94. The van der Waals surface area contributed by atoms with Gasteiger partial charge in [0.1, 0.15) is 11.2 Å². The fraction of sp³-hybridized carbons (Fsp3) is 0. The highest BCUT2D eigenvalue weighted by Gasteiger charge is 2.23. The fourth-order valence-electron chi connectivity index (χ4n) is 11.4. The zero-order valence-corrected chi connectivity index (χ0v) is 40.4. The molecule has 0 spiro atoms. The number of hydrogen-bond donors (Lipinski definition) is 0. The summed E-state index contributed by atoms with van der Waals surface area (Å²) in [7, 11) is 0. The summed E-state index contributed by atoms with van der Waals surface area (Å²) in [6.07, 6.45) is 0. The van der Waals surface area contributed by atoms with Gasteiger partial charge in [-0.1, -0.05) is 206 Å². The molecule has 0 saturated carbocycles. The molecule has 0 aliphatic carbocycles. The van der Waals surface area contributed by atoms with Crippen molar-refractivity contribution in [3.8, 4) is 78.8 Å². The van der Waals surface area contributed by atoms with E-state index >= 15 is 0 Å². The van der Waals surface area contributed by atoms with Gasteiger partial charge in [0.15, 0.2) is 17.5 Å². The Hall–Kier alpha value is -10.1. The van der Waals surface area contributed by atoms with Crippen molar-refractivity contribution in [2.24, 2.45) is 0 Å². The van der Waals surface area contributed by atoms with E-state index < -0.39 is 0 Å². The number of rotatable bonds is 7. The molecular weight excluding hydrogens is 913 g/mol. The molecule has 0 atom stereocenters. The largest absolute Gasteiger partial charge is 0.456 e. The summed E-state index contributed by atoms with van der Waals surface area (Å²) in [5.74, 6) is 1.74. The highest BCUT2D eigenvalue weighted by molar-refractivity contribution is 6.30. The van der Waals surface area contributed by atoms with Crippen LogP contribution in [0.25, 0.3) is 155 Å². The van der Waals surface area contributed by atoms with E-state index in [4.69, 9.17) is 24.4 Å². The van der Waals surface area contributed by atoms with Gasteiger partial charge in [-0.15, -0.1) is 0 Å². The van der Waals surface area contributed by atoms with Crippen molar-refractivity contribution in [3.05, 3.63) is 255 Å². The third kappa shape index (κ3) is 7.16. The maximum absolute atomic E-state index is 6.86. The molecule has 15 rings (SSSR count). The summed E-state index contributed by atoms with van der Waals surface area (Å²) in [5, 5.41) is 12.7. The molecule has 0 aliphatic rings. The van der Waals surface area contributed by atoms with Crippen LogP contribution in [0.15, 0.2) is 259 Å². The van der Waals surface area contributed by atoms with Gasteiger partial charge < -0.3 is 4.42 Å². The molecule has 15 aromatic rings. The van der Waals surface area contributed by atoms with Gasteiger partial charge in [-0.3, -0.25) is 0 Å². The van der Waals surface area contributed by atoms with Gasteiger partial charge in [0.05, 0.1) is 11.2 Å². The molecule has 0 unspecified atom stereocenters. The van der Waals surface area contributed by atoms with Crippen molar-refractivity contribution in [2.75, 3.05) is 0 Å². The summed E-state index contributed by atoms with van der Waals surface area (Å²) >= 11 is 0. The van der Waals surface area contributed by atoms with E-state index in [1.165, 1.54) is 32.3 Å². The summed E-state index contributed by atoms with van der Waals surface area (Å²) in [6, 6.07) is 89.9. The predicted molar refractivity (Wildman–Crippen MR) is 310 cm³/mol. The van der Waals surface area contributed by atoms with Gasteiger partial charge in [0.2, 0.25) is 0 Å². The van der Waals surface area contributed by atoms with Crippen LogP contribution in [-0.2, 0) is 0 Å². The Bertz CT molecular complexity index is 4670. The minimum atomic E-state index is 0.563. The molecule has 0 amide bonds. The number of fused-ring (bicyclic) bond motifs is 12. The first-order valence-corrected chi connectivity index (χ1v) is 25.4. The molecule has 0 aliphatic heterocycles. The van der Waals surface area contributed by atoms with Crippen LogP contribution in [0, 0.1) is 0 Å². The number of aromatic nitrogens is 4. The van der Waals surface area contributed by atoms with Crippen LogP contribution in [0.4, 0.5) is 0 Å². The molecule has 3 heterocycles. The molecule has 0 fully saturated rings. The van der Waals surface area contributed by atoms with Gasteiger partial charge in [0, 0.05) is 54.7 Å². The third-order valence-electron chi connectivity index (χ3n) is 14.8. The Kier molecular flexibility index (Phi) is 9.82. The lowest BCUT2D eigenvalue weighted by Gasteiger charge is -2.17. The maximum atomic E-state index is 6.86. The van der Waals surface area contributed by atoms with Gasteiger partial charge in [-0.2, -0.15) is 0 Å². The van der Waals surface area contributed by atoms with Crippen LogP contribution in [0.2, 0.25) is 0 Å². The van der Waals surface area contributed by atoms with Gasteiger partial charge in [-0.05, 0) is 109 Å². The van der Waals surface area contributed by atoms with Crippen molar-refractivity contribution in [1.29, 1.82) is 0 Å². The van der Waals surface area contributed by atoms with Crippen LogP contribution in [0.3, 0.4) is 0 Å². The molecule has 0 saturated heterocycles. The Balaban J connectivity index is 0.971. The molecule has 5 heteroatoms. The first kappa shape index (κ1) is 42.6. The Morgan fingerprint density at radius 3 is 1.35 bits per heavy atom. The Labute approximate surface area is 431 Å². The van der Waals surface area contributed by atoms with Crippen molar-refractivity contribution >= 4 is 75.9 Å². The maximum Gasteiger partial charge on any atom is 0.164 e. The quantitative estimate of drug-likeness (QED) is 0.149. The number of benzene rings is 12. The summed E-state index contributed by atoms with van der Waals surface area (Å²) in [5.41, 5.74) is 13.6. The molecule has 12 aromatic carbocycles. The molecule has 3 aromatic heterocycles. The van der Waals surface area contributed by atoms with Crippen LogP contribution in [0.5, 0.6) is 0 Å². The van der Waals surface area contributed by atoms with Crippen LogP contribution in [0.1, 0.15) is 0 Å². The summed E-state index contributed by atoms with van der Waals surface area (Å²) in [4.78, 5) is 21.3. The second kappa shape index (κ2) is 17.3. The highest BCUT2D eigenvalue weighted by atomic mass is 16.3. The standard InChI is InChI=1S/C70H42N4O/c1-4-19-43(20-5-1)49-38-50(44-21-6-2-7-22-44)40-51(39-49)70-73-68(45-23-8-3-9-24-45)72-69(74-70)48-26-18-25-47(37-48)67-60-42-63-66(58-32-15-17-34-62(58)75-63)64(65(60)57-31-14-16-33-61(57)71-67)46-35-36-56-54-29-11-10-27-52(54)53-28-12-13-30-55(53)59(56)41-46/h1-42H. The zero-order chi connectivity index (χ0) is 49.4. The van der Waals surface area contributed by atoms with Crippen molar-refractivity contribution in [3.63, 3.8) is 0 Å². The smallest absolute Gasteiger partial charge is 0.164 e. The van der Waals surface area contributed by atoms with E-state index in [0.717, 1.165) is 105 Å². The number of para-hydroxylation sites is 2. The lowest BCUT2D eigenvalue weighted by Crippen LogP contribution is -2.01. The lowest BCUT2D eigenvalue weighted by atomic mass is 9.87. The zero-order valence-electron chi connectivity index (χ0n) is 40.4. The Morgan fingerprint density at radius 2 is 0.693 bits per heavy atom. The fourth-order valence-corrected chi connectivity index (χ4v) is 11.4. The van der Waals surface area contributed by atoms with Crippen molar-refractivity contribution in [2.45, 2.75) is 0 Å². The van der Waals surface area contributed by atoms with E-state index in [-0.39, 0.29) is 0 Å². The molecule has 0 N–H and O–H groups in total. The minimum absolute atomic E-state index is 0.563. The highest BCUT2D eigenvalue weighted by Crippen LogP contribution is 2.48. The second-order valence-corrected chi connectivity index (χ2v) is 19.3. The first-order chi connectivity index (χ1) is 37.2. The summed E-state index contributed by atoms with van der Waals surface area (Å²) < 4.78 is 6.86. The van der Waals surface area contributed by atoms with E-state index in [9.17, 15) is 0 Å². The van der Waals surface area contributed by atoms with Crippen LogP contribution in [-0.4, -0.2) is 19.9 Å². The minimum Gasteiger partial charge on any atom is -0.456 e. The SMILES string of the molecule is c1ccc(-c2cc(-c3ccccc3)cc(-c3nc(-c4ccccc4)nc(-c4cccc(-c5nc6ccccc6c6c(-c7ccc8c9ccccc9c9ccccc9c8c7)c7c(cc56)oc5ccccc57)c4)n3)c2)cc1. The molecule has 0 bridgehead atoms. The van der Waals surface area contributed by atoms with Gasteiger partial charge >= 0.3 is 0 Å².